The van der Waals surface area contributed by atoms with Crippen molar-refractivity contribution in [3.63, 3.8) is 0 Å². The number of nitrogens with zero attached hydrogens (tertiary/aromatic N) is 4. The fraction of sp³-hybridized carbons (Fsp3) is 0.333. The number of ether oxygens (including phenoxy) is 1. The molecule has 44 heavy (non-hydrogen) atoms. The molecule has 8 nitrogen and oxygen atoms in total. The van der Waals surface area contributed by atoms with Crippen LogP contribution in [0.25, 0.3) is 0 Å². The quantitative estimate of drug-likeness (QED) is 0.235. The number of morpholine rings is 1. The average molecular weight is 636 g/mol. The Morgan fingerprint density at radius 1 is 1.11 bits per heavy atom. The predicted molar refractivity (Wildman–Crippen MR) is 172 cm³/mol. The number of hydrogen-bond donors (Lipinski definition) is 1. The molecule has 2 aromatic heterocycles. The first-order chi connectivity index (χ1) is 21.1. The Hall–Kier alpha value is -3.86. The van der Waals surface area contributed by atoms with Gasteiger partial charge in [0.2, 0.25) is 5.91 Å². The highest BCUT2D eigenvalue weighted by Gasteiger charge is 2.36. The van der Waals surface area contributed by atoms with E-state index in [9.17, 15) is 14.0 Å². The second kappa shape index (κ2) is 13.8. The minimum Gasteiger partial charge on any atom is -0.378 e. The minimum absolute atomic E-state index is 0.0780. The first-order valence-corrected chi connectivity index (χ1v) is 15.7. The van der Waals surface area contributed by atoms with Crippen LogP contribution in [0.5, 0.6) is 0 Å². The zero-order chi connectivity index (χ0) is 31.3. The molecule has 0 radical (unpaired) electrons. The Morgan fingerprint density at radius 3 is 2.52 bits per heavy atom. The number of nitrogens with one attached hydrogen (secondary N) is 1. The molecular weight excluding hydrogens is 601 g/mol. The van der Waals surface area contributed by atoms with Crippen molar-refractivity contribution in [3.8, 4) is 0 Å². The van der Waals surface area contributed by atoms with E-state index in [1.165, 1.54) is 28.4 Å². The molecule has 1 saturated heterocycles. The fourth-order valence-corrected chi connectivity index (χ4v) is 6.28. The molecule has 5 rings (SSSR count). The molecule has 11 heteroatoms. The zero-order valence-electron chi connectivity index (χ0n) is 24.9. The molecule has 230 valence electrons. The number of aromatic nitrogens is 2. The molecule has 4 aromatic rings. The van der Waals surface area contributed by atoms with Crippen molar-refractivity contribution in [2.45, 2.75) is 38.6 Å². The molecule has 0 aliphatic carbocycles. The van der Waals surface area contributed by atoms with E-state index >= 15 is 0 Å². The predicted octanol–water partition coefficient (Wildman–Crippen LogP) is 6.21. The van der Waals surface area contributed by atoms with Crippen molar-refractivity contribution in [2.75, 3.05) is 42.6 Å². The van der Waals surface area contributed by atoms with Crippen molar-refractivity contribution >= 4 is 45.6 Å². The number of carbonyl (C=O) groups is 2. The molecule has 2 amide bonds. The maximum atomic E-state index is 14.5. The molecule has 1 N–H and O–H groups in total. The Balaban J connectivity index is 1.53. The summed E-state index contributed by atoms with van der Waals surface area (Å²) in [4.78, 5) is 41.1. The summed E-state index contributed by atoms with van der Waals surface area (Å²) in [7, 11) is 0. The fourth-order valence-electron chi connectivity index (χ4n) is 5.00. The van der Waals surface area contributed by atoms with Crippen LogP contribution < -0.4 is 15.1 Å². The number of benzene rings is 2. The Kier molecular flexibility index (Phi) is 9.93. The Labute approximate surface area is 265 Å². The highest BCUT2D eigenvalue weighted by Crippen LogP contribution is 2.36. The van der Waals surface area contributed by atoms with Crippen molar-refractivity contribution in [3.05, 3.63) is 106 Å². The molecule has 1 aliphatic rings. The van der Waals surface area contributed by atoms with Gasteiger partial charge in [0.15, 0.2) is 10.3 Å². The third-order valence-electron chi connectivity index (χ3n) is 7.39. The van der Waals surface area contributed by atoms with Gasteiger partial charge in [0.05, 0.1) is 13.2 Å². The number of amides is 2. The molecule has 1 unspecified atom stereocenters. The van der Waals surface area contributed by atoms with Gasteiger partial charge in [0.25, 0.3) is 5.91 Å². The molecule has 0 bridgehead atoms. The first kappa shape index (κ1) is 31.6. The monoisotopic (exact) mass is 635 g/mol. The molecule has 1 atom stereocenters. The third kappa shape index (κ3) is 7.43. The number of thiazole rings is 1. The summed E-state index contributed by atoms with van der Waals surface area (Å²) >= 11 is 7.82. The van der Waals surface area contributed by atoms with Gasteiger partial charge in [-0.3, -0.25) is 19.5 Å². The second-order valence-corrected chi connectivity index (χ2v) is 12.9. The lowest BCUT2D eigenvalue weighted by atomic mass is 9.87. The molecule has 2 aromatic carbocycles. The summed E-state index contributed by atoms with van der Waals surface area (Å²) in [6.45, 7) is 8.98. The molecule has 0 spiro atoms. The molecular formula is C33H35ClFN5O3S. The lowest BCUT2D eigenvalue weighted by molar-refractivity contribution is -0.122. The van der Waals surface area contributed by atoms with Gasteiger partial charge in [0.1, 0.15) is 16.7 Å². The maximum Gasteiger partial charge on any atom is 0.272 e. The van der Waals surface area contributed by atoms with E-state index in [1.54, 1.807) is 36.7 Å². The van der Waals surface area contributed by atoms with Crippen molar-refractivity contribution in [1.29, 1.82) is 0 Å². The van der Waals surface area contributed by atoms with Crippen LogP contribution in [0.4, 0.5) is 15.2 Å². The SMILES string of the molecule is CC(C)(C)c1ccc(N(C(=O)c2sc(N3CCOCC3)nc2Cl)C(C(=O)NCCc2cccc(F)c2)c2cccnc2)cc1. The maximum absolute atomic E-state index is 14.5. The lowest BCUT2D eigenvalue weighted by Crippen LogP contribution is -2.44. The van der Waals surface area contributed by atoms with Crippen LogP contribution in [0, 0.1) is 5.82 Å². The highest BCUT2D eigenvalue weighted by atomic mass is 35.5. The first-order valence-electron chi connectivity index (χ1n) is 14.5. The number of halogens is 2. The minimum atomic E-state index is -1.07. The van der Waals surface area contributed by atoms with Crippen LogP contribution in [-0.4, -0.2) is 54.6 Å². The number of anilines is 2. The van der Waals surface area contributed by atoms with Crippen molar-refractivity contribution in [2.24, 2.45) is 0 Å². The van der Waals surface area contributed by atoms with Gasteiger partial charge in [-0.05, 0) is 53.3 Å². The number of hydrogen-bond acceptors (Lipinski definition) is 7. The van der Waals surface area contributed by atoms with Gasteiger partial charge < -0.3 is 15.0 Å². The summed E-state index contributed by atoms with van der Waals surface area (Å²) < 4.78 is 19.2. The van der Waals surface area contributed by atoms with E-state index in [0.29, 0.717) is 49.1 Å². The smallest absolute Gasteiger partial charge is 0.272 e. The van der Waals surface area contributed by atoms with Crippen molar-refractivity contribution in [1.82, 2.24) is 15.3 Å². The van der Waals surface area contributed by atoms with Crippen LogP contribution in [0.3, 0.4) is 0 Å². The Morgan fingerprint density at radius 2 is 1.86 bits per heavy atom. The van der Waals surface area contributed by atoms with E-state index in [4.69, 9.17) is 16.3 Å². The van der Waals surface area contributed by atoms with Gasteiger partial charge in [0, 0.05) is 43.3 Å². The number of pyridine rings is 1. The average Bonchev–Trinajstić information content (AvgIpc) is 3.41. The molecule has 3 heterocycles. The van der Waals surface area contributed by atoms with Crippen LogP contribution in [0.2, 0.25) is 5.15 Å². The summed E-state index contributed by atoms with van der Waals surface area (Å²) in [5.41, 5.74) is 2.77. The van der Waals surface area contributed by atoms with E-state index in [-0.39, 0.29) is 27.8 Å². The zero-order valence-corrected chi connectivity index (χ0v) is 26.5. The van der Waals surface area contributed by atoms with E-state index in [2.05, 4.69) is 36.1 Å². The van der Waals surface area contributed by atoms with Gasteiger partial charge in [-0.25, -0.2) is 9.37 Å². The highest BCUT2D eigenvalue weighted by molar-refractivity contribution is 7.18. The van der Waals surface area contributed by atoms with Crippen molar-refractivity contribution < 1.29 is 18.7 Å². The van der Waals surface area contributed by atoms with Gasteiger partial charge >= 0.3 is 0 Å². The van der Waals surface area contributed by atoms with Gasteiger partial charge in [-0.1, -0.05) is 74.0 Å². The van der Waals surface area contributed by atoms with Crippen LogP contribution in [0.1, 0.15) is 53.2 Å². The van der Waals surface area contributed by atoms with Gasteiger partial charge in [-0.15, -0.1) is 0 Å². The summed E-state index contributed by atoms with van der Waals surface area (Å²) in [6, 6.07) is 16.3. The van der Waals surface area contributed by atoms with Gasteiger partial charge in [-0.2, -0.15) is 0 Å². The second-order valence-electron chi connectivity index (χ2n) is 11.5. The number of carbonyl (C=O) groups excluding carboxylic acids is 2. The number of rotatable bonds is 9. The molecule has 1 aliphatic heterocycles. The molecule has 0 saturated carbocycles. The largest absolute Gasteiger partial charge is 0.378 e. The van der Waals surface area contributed by atoms with Crippen LogP contribution >= 0.6 is 22.9 Å². The standard InChI is InChI=1S/C33H35ClFN5O3S/c1-33(2,3)24-9-11-26(12-10-24)40(31(42)28-29(34)38-32(44-28)39-16-18-43-19-17-39)27(23-7-5-14-36-21-23)30(41)37-15-13-22-6-4-8-25(35)20-22/h4-12,14,20-21,27H,13,15-19H2,1-3H3,(H,37,41). The summed E-state index contributed by atoms with van der Waals surface area (Å²) in [6.07, 6.45) is 3.61. The summed E-state index contributed by atoms with van der Waals surface area (Å²) in [5.74, 6) is -1.20. The van der Waals surface area contributed by atoms with E-state index in [0.717, 1.165) is 11.1 Å². The van der Waals surface area contributed by atoms with Crippen LogP contribution in [-0.2, 0) is 21.4 Å². The van der Waals surface area contributed by atoms with Crippen LogP contribution in [0.15, 0.2) is 73.1 Å². The van der Waals surface area contributed by atoms with E-state index in [1.807, 2.05) is 29.2 Å². The third-order valence-corrected chi connectivity index (χ3v) is 8.88. The lowest BCUT2D eigenvalue weighted by Gasteiger charge is -2.31. The van der Waals surface area contributed by atoms with E-state index < -0.39 is 17.9 Å². The molecule has 1 fully saturated rings. The topological polar surface area (TPSA) is 87.7 Å². The Bertz CT molecular complexity index is 1590. The summed E-state index contributed by atoms with van der Waals surface area (Å²) in [5, 5.41) is 3.67. The normalized spacial score (nSPS) is 14.2.